The van der Waals surface area contributed by atoms with Crippen LogP contribution in [0.15, 0.2) is 176 Å². The molecular formula is C40H29N. The van der Waals surface area contributed by atoms with Gasteiger partial charge in [0.2, 0.25) is 0 Å². The van der Waals surface area contributed by atoms with Crippen molar-refractivity contribution >= 4 is 27.8 Å². The van der Waals surface area contributed by atoms with Crippen LogP contribution >= 0.6 is 0 Å². The van der Waals surface area contributed by atoms with Gasteiger partial charge in [-0.2, -0.15) is 0 Å². The Morgan fingerprint density at radius 2 is 0.829 bits per heavy atom. The maximum Gasteiger partial charge on any atom is 0.0645 e. The molecule has 0 heterocycles. The summed E-state index contributed by atoms with van der Waals surface area (Å²) >= 11 is 0. The first-order chi connectivity index (χ1) is 22.0. The lowest BCUT2D eigenvalue weighted by molar-refractivity contribution is 1.28. The number of fused-ring (bicyclic) bond motifs is 1. The second kappa shape index (κ2) is 11.0. The molecule has 0 radical (unpaired) electrons. The van der Waals surface area contributed by atoms with Gasteiger partial charge in [-0.25, -0.2) is 0 Å². The molecule has 0 N–H and O–H groups in total. The van der Waals surface area contributed by atoms with Gasteiger partial charge in [0.1, 0.15) is 0 Å². The predicted octanol–water partition coefficient (Wildman–Crippen LogP) is 11.3. The summed E-state index contributed by atoms with van der Waals surface area (Å²) in [6, 6.07) is 49.5. The summed E-state index contributed by atoms with van der Waals surface area (Å²) in [7, 11) is 0. The van der Waals surface area contributed by atoms with E-state index in [1.165, 1.54) is 5.39 Å². The van der Waals surface area contributed by atoms with Crippen molar-refractivity contribution in [2.75, 3.05) is 4.90 Å². The number of rotatable bonds is 6. The van der Waals surface area contributed by atoms with Crippen molar-refractivity contribution in [3.05, 3.63) is 176 Å². The highest BCUT2D eigenvalue weighted by Gasteiger charge is 2.14. The van der Waals surface area contributed by atoms with Crippen LogP contribution in [0.2, 0.25) is 0 Å². The summed E-state index contributed by atoms with van der Waals surface area (Å²) in [5, 5.41) is 2.31. The minimum Gasteiger partial charge on any atom is -0.310 e. The van der Waals surface area contributed by atoms with Gasteiger partial charge in [-0.3, -0.25) is 0 Å². The van der Waals surface area contributed by atoms with E-state index in [0.29, 0.717) is 5.56 Å². The van der Waals surface area contributed by atoms with E-state index in [2.05, 4.69) is 30.3 Å². The van der Waals surface area contributed by atoms with Crippen LogP contribution in [0.25, 0.3) is 44.2 Å². The molecule has 0 bridgehead atoms. The number of benzene rings is 7. The Bertz CT molecular complexity index is 2110. The van der Waals surface area contributed by atoms with Crippen molar-refractivity contribution in [1.82, 2.24) is 0 Å². The Hall–Kier alpha value is -5.40. The second-order valence-corrected chi connectivity index (χ2v) is 9.95. The number of hydrogen-bond donors (Lipinski definition) is 0. The normalized spacial score (nSPS) is 12.3. The van der Waals surface area contributed by atoms with Gasteiger partial charge in [-0.15, -0.1) is 0 Å². The molecule has 7 aromatic carbocycles. The highest BCUT2D eigenvalue weighted by molar-refractivity contribution is 5.88. The van der Waals surface area contributed by atoms with Crippen molar-refractivity contribution < 1.29 is 5.48 Å². The van der Waals surface area contributed by atoms with Gasteiger partial charge in [-0.05, 0) is 86.6 Å². The van der Waals surface area contributed by atoms with Crippen LogP contribution in [-0.2, 0) is 0 Å². The summed E-state index contributed by atoms with van der Waals surface area (Å²) < 4.78 is 36.6. The molecule has 0 amide bonds. The maximum atomic E-state index is 9.20. The van der Waals surface area contributed by atoms with Crippen LogP contribution in [0.4, 0.5) is 17.1 Å². The fraction of sp³-hybridized carbons (Fsp3) is 0. The molecule has 7 rings (SSSR count). The third-order valence-corrected chi connectivity index (χ3v) is 7.32. The van der Waals surface area contributed by atoms with Crippen LogP contribution in [0.3, 0.4) is 0 Å². The van der Waals surface area contributed by atoms with Gasteiger partial charge < -0.3 is 4.90 Å². The lowest BCUT2D eigenvalue weighted by Gasteiger charge is -2.26. The molecule has 1 nitrogen and oxygen atoms in total. The number of anilines is 3. The van der Waals surface area contributed by atoms with Gasteiger partial charge in [0.15, 0.2) is 0 Å². The van der Waals surface area contributed by atoms with Gasteiger partial charge in [0.05, 0.1) is 5.48 Å². The molecule has 0 saturated carbocycles. The van der Waals surface area contributed by atoms with Crippen molar-refractivity contribution in [2.24, 2.45) is 0 Å². The van der Waals surface area contributed by atoms with Crippen LogP contribution in [0.1, 0.15) is 5.48 Å². The smallest absolute Gasteiger partial charge is 0.0645 e. The number of hydrogen-bond acceptors (Lipinski definition) is 1. The fourth-order valence-corrected chi connectivity index (χ4v) is 5.20. The van der Waals surface area contributed by atoms with E-state index in [1.807, 2.05) is 126 Å². The average molecular weight is 528 g/mol. The molecule has 194 valence electrons. The molecule has 0 spiro atoms. The minimum atomic E-state index is -0.0990. The molecule has 0 aliphatic heterocycles. The van der Waals surface area contributed by atoms with Crippen molar-refractivity contribution in [2.45, 2.75) is 0 Å². The molecular weight excluding hydrogens is 494 g/mol. The standard InChI is InChI=1S/C40H29N/c1-3-10-30(11-4-1)32-18-20-33(21-19-32)34-24-26-39(27-25-34)41(38-15-5-2-6-16-38)40-17-9-14-36(29-40)37-23-22-31-12-7-8-13-35(31)28-37/h1-29H/i24D,25D,26D,27D. The third kappa shape index (κ3) is 5.14. The quantitative estimate of drug-likeness (QED) is 0.208. The first kappa shape index (κ1) is 20.5. The summed E-state index contributed by atoms with van der Waals surface area (Å²) in [6.07, 6.45) is 0. The average Bonchev–Trinajstić information content (AvgIpc) is 3.10. The van der Waals surface area contributed by atoms with Crippen LogP contribution in [0, 0.1) is 0 Å². The summed E-state index contributed by atoms with van der Waals surface area (Å²) in [5.41, 5.74) is 6.75. The molecule has 0 aliphatic rings. The SMILES string of the molecule is [2H]c1c([2H])c(N(c2ccccc2)c2cccc(-c3ccc4ccccc4c3)c2)c([2H])c([2H])c1-c1ccc(-c2ccccc2)cc1. The first-order valence-electron chi connectivity index (χ1n) is 15.7. The fourth-order valence-electron chi connectivity index (χ4n) is 5.20. The molecule has 0 atom stereocenters. The van der Waals surface area contributed by atoms with Crippen molar-refractivity contribution in [3.63, 3.8) is 0 Å². The minimum absolute atomic E-state index is 0.0786. The Balaban J connectivity index is 1.35. The predicted molar refractivity (Wildman–Crippen MR) is 175 cm³/mol. The second-order valence-electron chi connectivity index (χ2n) is 9.95. The molecule has 0 aliphatic carbocycles. The van der Waals surface area contributed by atoms with Gasteiger partial charge in [0.25, 0.3) is 0 Å². The third-order valence-electron chi connectivity index (χ3n) is 7.32. The molecule has 0 unspecified atom stereocenters. The lowest BCUT2D eigenvalue weighted by atomic mass is 9.99. The monoisotopic (exact) mass is 527 g/mol. The van der Waals surface area contributed by atoms with Crippen molar-refractivity contribution in [3.8, 4) is 33.4 Å². The lowest BCUT2D eigenvalue weighted by Crippen LogP contribution is -2.09. The Kier molecular flexibility index (Phi) is 5.50. The van der Waals surface area contributed by atoms with E-state index in [-0.39, 0.29) is 35.4 Å². The van der Waals surface area contributed by atoms with Gasteiger partial charge >= 0.3 is 0 Å². The molecule has 1 heteroatoms. The summed E-state index contributed by atoms with van der Waals surface area (Å²) in [6.45, 7) is 0. The number of para-hydroxylation sites is 1. The van der Waals surface area contributed by atoms with Gasteiger partial charge in [-0.1, -0.05) is 133 Å². The highest BCUT2D eigenvalue weighted by atomic mass is 15.1. The van der Waals surface area contributed by atoms with Gasteiger partial charge in [0, 0.05) is 17.1 Å². The van der Waals surface area contributed by atoms with E-state index in [9.17, 15) is 2.74 Å². The molecule has 0 fully saturated rings. The molecule has 0 aromatic heterocycles. The summed E-state index contributed by atoms with van der Waals surface area (Å²) in [5.74, 6) is 0. The Morgan fingerprint density at radius 3 is 1.56 bits per heavy atom. The Morgan fingerprint density at radius 1 is 0.317 bits per heavy atom. The maximum absolute atomic E-state index is 9.20. The van der Waals surface area contributed by atoms with E-state index >= 15 is 0 Å². The zero-order chi connectivity index (χ0) is 30.9. The Labute approximate surface area is 247 Å². The summed E-state index contributed by atoms with van der Waals surface area (Å²) in [4.78, 5) is 1.83. The first-order valence-corrected chi connectivity index (χ1v) is 13.7. The molecule has 41 heavy (non-hydrogen) atoms. The van der Waals surface area contributed by atoms with E-state index in [1.54, 1.807) is 0 Å². The van der Waals surface area contributed by atoms with Crippen LogP contribution < -0.4 is 4.90 Å². The van der Waals surface area contributed by atoms with E-state index in [0.717, 1.165) is 39.0 Å². The van der Waals surface area contributed by atoms with E-state index < -0.39 is 0 Å². The topological polar surface area (TPSA) is 3.24 Å². The zero-order valence-electron chi connectivity index (χ0n) is 26.4. The zero-order valence-corrected chi connectivity index (χ0v) is 22.4. The largest absolute Gasteiger partial charge is 0.310 e. The van der Waals surface area contributed by atoms with Crippen LogP contribution in [0.5, 0.6) is 0 Å². The molecule has 7 aromatic rings. The van der Waals surface area contributed by atoms with Crippen molar-refractivity contribution in [1.29, 1.82) is 0 Å². The van der Waals surface area contributed by atoms with Crippen LogP contribution in [-0.4, -0.2) is 0 Å². The van der Waals surface area contributed by atoms with E-state index in [4.69, 9.17) is 2.74 Å². The number of nitrogens with zero attached hydrogens (tertiary/aromatic N) is 1. The molecule has 0 saturated heterocycles. The highest BCUT2D eigenvalue weighted by Crippen LogP contribution is 2.38.